The zero-order valence-electron chi connectivity index (χ0n) is 16.1. The van der Waals surface area contributed by atoms with Gasteiger partial charge in [0, 0.05) is 64.7 Å². The molecule has 0 unspecified atom stereocenters. The van der Waals surface area contributed by atoms with Crippen molar-refractivity contribution in [2.24, 2.45) is 4.99 Å². The van der Waals surface area contributed by atoms with Gasteiger partial charge < -0.3 is 19.3 Å². The van der Waals surface area contributed by atoms with E-state index in [2.05, 4.69) is 49.3 Å². The highest BCUT2D eigenvalue weighted by Gasteiger charge is 2.20. The van der Waals surface area contributed by atoms with Gasteiger partial charge in [-0.3, -0.25) is 9.89 Å². The first-order chi connectivity index (χ1) is 12.7. The summed E-state index contributed by atoms with van der Waals surface area (Å²) < 4.78 is 10.2. The largest absolute Gasteiger partial charge is 0.364 e. The minimum atomic E-state index is 0. The van der Waals surface area contributed by atoms with Crippen LogP contribution in [-0.2, 0) is 13.0 Å². The first-order valence-electron chi connectivity index (χ1n) is 9.05. The van der Waals surface area contributed by atoms with Crippen LogP contribution in [0.3, 0.4) is 0 Å². The third kappa shape index (κ3) is 6.16. The maximum Gasteiger partial charge on any atom is 0.228 e. The first kappa shape index (κ1) is 21.6. The quantitative estimate of drug-likeness (QED) is 0.373. The fourth-order valence-corrected chi connectivity index (χ4v) is 2.88. The minimum Gasteiger partial charge on any atom is -0.364 e. The van der Waals surface area contributed by atoms with Crippen LogP contribution in [0.4, 0.5) is 0 Å². The molecular formula is C17H28IN7O2. The molecule has 0 bridgehead atoms. The third-order valence-electron chi connectivity index (χ3n) is 4.38. The molecule has 2 aromatic rings. The van der Waals surface area contributed by atoms with Crippen LogP contribution in [0.1, 0.15) is 37.2 Å². The molecule has 3 heterocycles. The number of hydrogen-bond donors (Lipinski definition) is 1. The molecule has 0 aliphatic carbocycles. The number of nitrogens with zero attached hydrogens (tertiary/aromatic N) is 6. The Kier molecular flexibility index (Phi) is 8.48. The van der Waals surface area contributed by atoms with E-state index in [-0.39, 0.29) is 29.9 Å². The Morgan fingerprint density at radius 3 is 2.63 bits per heavy atom. The summed E-state index contributed by atoms with van der Waals surface area (Å²) in [7, 11) is 1.81. The Morgan fingerprint density at radius 2 is 2.04 bits per heavy atom. The molecule has 0 atom stereocenters. The normalized spacial score (nSPS) is 15.9. The molecule has 0 saturated carbocycles. The van der Waals surface area contributed by atoms with Gasteiger partial charge in [0.1, 0.15) is 6.26 Å². The van der Waals surface area contributed by atoms with Crippen LogP contribution in [0.25, 0.3) is 0 Å². The van der Waals surface area contributed by atoms with Crippen molar-refractivity contribution in [3.63, 3.8) is 0 Å². The van der Waals surface area contributed by atoms with Gasteiger partial charge in [-0.05, 0) is 0 Å². The van der Waals surface area contributed by atoms with Crippen molar-refractivity contribution in [1.82, 2.24) is 30.4 Å². The van der Waals surface area contributed by atoms with Gasteiger partial charge in [0.05, 0.1) is 5.69 Å². The molecule has 1 N–H and O–H groups in total. The van der Waals surface area contributed by atoms with E-state index in [0.717, 1.165) is 50.2 Å². The molecule has 2 aromatic heterocycles. The number of aromatic nitrogens is 3. The summed E-state index contributed by atoms with van der Waals surface area (Å²) in [5, 5.41) is 11.4. The van der Waals surface area contributed by atoms with Gasteiger partial charge in [0.25, 0.3) is 0 Å². The van der Waals surface area contributed by atoms with Crippen molar-refractivity contribution >= 4 is 29.9 Å². The molecule has 0 aromatic carbocycles. The van der Waals surface area contributed by atoms with Gasteiger partial charge in [0.15, 0.2) is 11.8 Å². The number of aliphatic imine (C=N–C) groups is 1. The average molecular weight is 489 g/mol. The summed E-state index contributed by atoms with van der Waals surface area (Å²) >= 11 is 0. The standard InChI is InChI=1S/C17H27N7O2.HI/c1-13(2)16-20-15(26-22-16)4-6-19-17(18-3)24-9-7-23(8-10-24)12-14-5-11-25-21-14;/h5,11,13H,4,6-10,12H2,1-3H3,(H,18,19);1H. The maximum absolute atomic E-state index is 5.28. The molecule has 150 valence electrons. The zero-order valence-corrected chi connectivity index (χ0v) is 18.4. The van der Waals surface area contributed by atoms with Crippen molar-refractivity contribution < 1.29 is 9.05 Å². The predicted molar refractivity (Wildman–Crippen MR) is 112 cm³/mol. The summed E-state index contributed by atoms with van der Waals surface area (Å²) in [6, 6.07) is 1.91. The summed E-state index contributed by atoms with van der Waals surface area (Å²) in [6.45, 7) is 9.43. The second kappa shape index (κ2) is 10.6. The SMILES string of the molecule is CN=C(NCCc1nc(C(C)C)no1)N1CCN(Cc2ccon2)CC1.I. The third-order valence-corrected chi connectivity index (χ3v) is 4.38. The predicted octanol–water partition coefficient (Wildman–Crippen LogP) is 1.73. The summed E-state index contributed by atoms with van der Waals surface area (Å²) in [6.07, 6.45) is 2.30. The lowest BCUT2D eigenvalue weighted by molar-refractivity contribution is 0.169. The van der Waals surface area contributed by atoms with Crippen LogP contribution in [0.2, 0.25) is 0 Å². The van der Waals surface area contributed by atoms with E-state index >= 15 is 0 Å². The van der Waals surface area contributed by atoms with E-state index in [0.29, 0.717) is 18.9 Å². The summed E-state index contributed by atoms with van der Waals surface area (Å²) in [5.74, 6) is 2.61. The summed E-state index contributed by atoms with van der Waals surface area (Å²) in [4.78, 5) is 13.4. The molecule has 0 radical (unpaired) electrons. The number of piperazine rings is 1. The van der Waals surface area contributed by atoms with Crippen LogP contribution in [0, 0.1) is 0 Å². The van der Waals surface area contributed by atoms with Crippen LogP contribution in [0.5, 0.6) is 0 Å². The molecular weight excluding hydrogens is 461 g/mol. The van der Waals surface area contributed by atoms with Crippen molar-refractivity contribution in [1.29, 1.82) is 0 Å². The second-order valence-electron chi connectivity index (χ2n) is 6.68. The Bertz CT molecular complexity index is 694. The molecule has 1 aliphatic rings. The Labute approximate surface area is 176 Å². The number of nitrogens with one attached hydrogen (secondary N) is 1. The Hall–Kier alpha value is -1.69. The van der Waals surface area contributed by atoms with E-state index in [1.54, 1.807) is 6.26 Å². The van der Waals surface area contributed by atoms with E-state index in [1.807, 2.05) is 13.1 Å². The summed E-state index contributed by atoms with van der Waals surface area (Å²) in [5.41, 5.74) is 0.973. The van der Waals surface area contributed by atoms with Gasteiger partial charge in [-0.2, -0.15) is 4.98 Å². The highest BCUT2D eigenvalue weighted by Crippen LogP contribution is 2.10. The monoisotopic (exact) mass is 489 g/mol. The van der Waals surface area contributed by atoms with Crippen LogP contribution < -0.4 is 5.32 Å². The molecule has 1 fully saturated rings. The zero-order chi connectivity index (χ0) is 18.4. The van der Waals surface area contributed by atoms with Gasteiger partial charge in [-0.15, -0.1) is 24.0 Å². The molecule has 10 heteroatoms. The molecule has 1 saturated heterocycles. The topological polar surface area (TPSA) is 95.8 Å². The van der Waals surface area contributed by atoms with Gasteiger partial charge >= 0.3 is 0 Å². The van der Waals surface area contributed by atoms with E-state index in [9.17, 15) is 0 Å². The fourth-order valence-electron chi connectivity index (χ4n) is 2.88. The number of rotatable bonds is 6. The van der Waals surface area contributed by atoms with Crippen LogP contribution in [-0.4, -0.2) is 70.8 Å². The van der Waals surface area contributed by atoms with Gasteiger partial charge in [-0.1, -0.05) is 24.2 Å². The Morgan fingerprint density at radius 1 is 1.26 bits per heavy atom. The fraction of sp³-hybridized carbons (Fsp3) is 0.647. The van der Waals surface area contributed by atoms with Crippen molar-refractivity contribution in [2.75, 3.05) is 39.8 Å². The van der Waals surface area contributed by atoms with Crippen molar-refractivity contribution in [2.45, 2.75) is 32.7 Å². The molecule has 9 nitrogen and oxygen atoms in total. The molecule has 0 amide bonds. The number of halogens is 1. The number of guanidine groups is 1. The lowest BCUT2D eigenvalue weighted by Gasteiger charge is -2.36. The van der Waals surface area contributed by atoms with E-state index in [1.165, 1.54) is 0 Å². The molecule has 3 rings (SSSR count). The lowest BCUT2D eigenvalue weighted by Crippen LogP contribution is -2.52. The average Bonchev–Trinajstić information content (AvgIpc) is 3.32. The Balaban J connectivity index is 0.00000261. The minimum absolute atomic E-state index is 0. The molecule has 27 heavy (non-hydrogen) atoms. The van der Waals surface area contributed by atoms with Crippen molar-refractivity contribution in [3.8, 4) is 0 Å². The number of hydrogen-bond acceptors (Lipinski definition) is 7. The first-order valence-corrected chi connectivity index (χ1v) is 9.05. The highest BCUT2D eigenvalue weighted by atomic mass is 127. The maximum atomic E-state index is 5.28. The second-order valence-corrected chi connectivity index (χ2v) is 6.68. The van der Waals surface area contributed by atoms with Gasteiger partial charge in [-0.25, -0.2) is 0 Å². The lowest BCUT2D eigenvalue weighted by atomic mass is 10.2. The molecule has 1 aliphatic heterocycles. The molecule has 0 spiro atoms. The van der Waals surface area contributed by atoms with Crippen LogP contribution >= 0.6 is 24.0 Å². The van der Waals surface area contributed by atoms with E-state index < -0.39 is 0 Å². The smallest absolute Gasteiger partial charge is 0.228 e. The van der Waals surface area contributed by atoms with E-state index in [4.69, 9.17) is 9.05 Å². The van der Waals surface area contributed by atoms with Crippen LogP contribution in [0.15, 0.2) is 26.4 Å². The van der Waals surface area contributed by atoms with Crippen molar-refractivity contribution in [3.05, 3.63) is 29.7 Å². The highest BCUT2D eigenvalue weighted by molar-refractivity contribution is 14.0. The van der Waals surface area contributed by atoms with Gasteiger partial charge in [0.2, 0.25) is 5.89 Å².